The minimum atomic E-state index is -0.407. The number of carbonyl (C=O) groups is 2. The van der Waals surface area contributed by atoms with Gasteiger partial charge in [0.25, 0.3) is 0 Å². The highest BCUT2D eigenvalue weighted by atomic mass is 16.5. The molecule has 2 aromatic rings. The number of carbonyl (C=O) groups excluding carboxylic acids is 2. The van der Waals surface area contributed by atoms with E-state index in [9.17, 15) is 9.59 Å². The summed E-state index contributed by atoms with van der Waals surface area (Å²) in [6, 6.07) is 15.3. The molecule has 0 aliphatic rings. The molecular formula is C22H24O6. The number of rotatable bonds is 9. The van der Waals surface area contributed by atoms with E-state index in [4.69, 9.17) is 18.9 Å². The monoisotopic (exact) mass is 384 g/mol. The van der Waals surface area contributed by atoms with Crippen LogP contribution >= 0.6 is 0 Å². The summed E-state index contributed by atoms with van der Waals surface area (Å²) in [5.41, 5.74) is 2.50. The molecule has 0 saturated heterocycles. The van der Waals surface area contributed by atoms with Gasteiger partial charge in [-0.15, -0.1) is 0 Å². The van der Waals surface area contributed by atoms with Crippen LogP contribution in [0.2, 0.25) is 0 Å². The van der Waals surface area contributed by atoms with Crippen LogP contribution in [0.5, 0.6) is 11.5 Å². The van der Waals surface area contributed by atoms with Crippen molar-refractivity contribution >= 4 is 18.0 Å². The molecule has 0 fully saturated rings. The summed E-state index contributed by atoms with van der Waals surface area (Å²) in [6.07, 6.45) is 1.79. The van der Waals surface area contributed by atoms with Crippen molar-refractivity contribution in [2.75, 3.05) is 20.3 Å². The summed E-state index contributed by atoms with van der Waals surface area (Å²) >= 11 is 0. The van der Waals surface area contributed by atoms with Gasteiger partial charge in [0.1, 0.15) is 19.8 Å². The van der Waals surface area contributed by atoms with Gasteiger partial charge in [0.05, 0.1) is 7.11 Å². The van der Waals surface area contributed by atoms with Crippen LogP contribution in [0.15, 0.2) is 54.1 Å². The fourth-order valence-corrected chi connectivity index (χ4v) is 2.38. The summed E-state index contributed by atoms with van der Waals surface area (Å²) in [7, 11) is 1.57. The molecule has 0 N–H and O–H groups in total. The van der Waals surface area contributed by atoms with Gasteiger partial charge in [0.2, 0.25) is 0 Å². The minimum Gasteiger partial charge on any atom is -0.493 e. The highest BCUT2D eigenvalue weighted by Crippen LogP contribution is 2.29. The van der Waals surface area contributed by atoms with Crippen LogP contribution in [0.1, 0.15) is 25.0 Å². The lowest BCUT2D eigenvalue weighted by Gasteiger charge is -2.12. The zero-order valence-corrected chi connectivity index (χ0v) is 16.3. The highest BCUT2D eigenvalue weighted by molar-refractivity contribution is 5.68. The lowest BCUT2D eigenvalue weighted by molar-refractivity contribution is -0.141. The molecule has 0 unspecified atom stereocenters. The normalized spacial score (nSPS) is 9.96. The molecule has 148 valence electrons. The Hall–Kier alpha value is -3.28. The zero-order chi connectivity index (χ0) is 20.4. The third-order valence-electron chi connectivity index (χ3n) is 3.72. The van der Waals surface area contributed by atoms with Crippen LogP contribution in [0.3, 0.4) is 0 Å². The molecule has 0 atom stereocenters. The van der Waals surface area contributed by atoms with Gasteiger partial charge in [0, 0.05) is 19.4 Å². The summed E-state index contributed by atoms with van der Waals surface area (Å²) in [5.74, 6) is 0.376. The predicted molar refractivity (Wildman–Crippen MR) is 105 cm³/mol. The fourth-order valence-electron chi connectivity index (χ4n) is 2.38. The van der Waals surface area contributed by atoms with Gasteiger partial charge in [-0.1, -0.05) is 36.4 Å². The minimum absolute atomic E-state index is 0.0389. The maximum atomic E-state index is 11.1. The van der Waals surface area contributed by atoms with E-state index in [0.717, 1.165) is 11.1 Å². The Morgan fingerprint density at radius 2 is 1.54 bits per heavy atom. The molecule has 0 heterocycles. The first-order chi connectivity index (χ1) is 13.5. The smallest absolute Gasteiger partial charge is 0.302 e. The van der Waals surface area contributed by atoms with Gasteiger partial charge >= 0.3 is 11.9 Å². The van der Waals surface area contributed by atoms with Gasteiger partial charge in [0.15, 0.2) is 11.5 Å². The summed E-state index contributed by atoms with van der Waals surface area (Å²) < 4.78 is 21.3. The molecule has 0 radical (unpaired) electrons. The third kappa shape index (κ3) is 7.15. The first-order valence-corrected chi connectivity index (χ1v) is 8.79. The Balaban J connectivity index is 2.14. The van der Waals surface area contributed by atoms with E-state index >= 15 is 0 Å². The molecule has 0 bridgehead atoms. The molecule has 0 saturated carbocycles. The van der Waals surface area contributed by atoms with Crippen molar-refractivity contribution in [1.82, 2.24) is 0 Å². The van der Waals surface area contributed by atoms with Crippen LogP contribution < -0.4 is 9.47 Å². The summed E-state index contributed by atoms with van der Waals surface area (Å²) in [6.45, 7) is 3.15. The van der Waals surface area contributed by atoms with Crippen molar-refractivity contribution in [3.8, 4) is 11.5 Å². The Labute approximate surface area is 164 Å². The predicted octanol–water partition coefficient (Wildman–Crippen LogP) is 3.78. The lowest BCUT2D eigenvalue weighted by Crippen LogP contribution is -2.10. The van der Waals surface area contributed by atoms with Crippen LogP contribution in [-0.4, -0.2) is 32.3 Å². The van der Waals surface area contributed by atoms with Crippen LogP contribution in [-0.2, 0) is 25.7 Å². The molecule has 0 aliphatic heterocycles. The van der Waals surface area contributed by atoms with E-state index < -0.39 is 11.9 Å². The first-order valence-electron chi connectivity index (χ1n) is 8.79. The van der Waals surface area contributed by atoms with Crippen molar-refractivity contribution in [2.45, 2.75) is 20.5 Å². The van der Waals surface area contributed by atoms with Crippen LogP contribution in [0.25, 0.3) is 6.08 Å². The van der Waals surface area contributed by atoms with Crippen molar-refractivity contribution in [1.29, 1.82) is 0 Å². The largest absolute Gasteiger partial charge is 0.493 e. The van der Waals surface area contributed by atoms with Gasteiger partial charge in [-0.05, 0) is 29.3 Å². The maximum absolute atomic E-state index is 11.1. The fraction of sp³-hybridized carbons (Fsp3) is 0.273. The van der Waals surface area contributed by atoms with Gasteiger partial charge in [-0.25, -0.2) is 0 Å². The van der Waals surface area contributed by atoms with Crippen molar-refractivity contribution in [3.05, 3.63) is 65.2 Å². The second-order valence-corrected chi connectivity index (χ2v) is 6.05. The van der Waals surface area contributed by atoms with Crippen LogP contribution in [0, 0.1) is 0 Å². The average molecular weight is 384 g/mol. The second-order valence-electron chi connectivity index (χ2n) is 6.05. The molecule has 0 spiro atoms. The van der Waals surface area contributed by atoms with E-state index in [1.165, 1.54) is 13.8 Å². The molecule has 0 amide bonds. The van der Waals surface area contributed by atoms with E-state index in [1.54, 1.807) is 13.2 Å². The van der Waals surface area contributed by atoms with Crippen molar-refractivity contribution < 1.29 is 28.5 Å². The standard InChI is InChI=1S/C22H24O6/c1-16(23)26-14-20(15-27-17(2)24)11-19-9-10-21(22(12-19)25-3)28-13-18-7-5-4-6-8-18/h4-12H,13-15H2,1-3H3. The molecule has 6 nitrogen and oxygen atoms in total. The summed E-state index contributed by atoms with van der Waals surface area (Å²) in [5, 5.41) is 0. The molecule has 0 aliphatic carbocycles. The van der Waals surface area contributed by atoms with Gasteiger partial charge in [-0.3, -0.25) is 9.59 Å². The Bertz CT molecular complexity index is 806. The Kier molecular flexibility index (Phi) is 8.09. The Morgan fingerprint density at radius 1 is 0.893 bits per heavy atom. The zero-order valence-electron chi connectivity index (χ0n) is 16.3. The molecule has 28 heavy (non-hydrogen) atoms. The van der Waals surface area contributed by atoms with E-state index in [-0.39, 0.29) is 13.2 Å². The molecule has 2 rings (SSSR count). The van der Waals surface area contributed by atoms with Crippen molar-refractivity contribution in [2.24, 2.45) is 0 Å². The molecular weight excluding hydrogens is 360 g/mol. The van der Waals surface area contributed by atoms with E-state index in [2.05, 4.69) is 0 Å². The van der Waals surface area contributed by atoms with E-state index in [0.29, 0.717) is 23.7 Å². The molecule has 6 heteroatoms. The van der Waals surface area contributed by atoms with Crippen molar-refractivity contribution in [3.63, 3.8) is 0 Å². The number of benzene rings is 2. The number of hydrogen-bond acceptors (Lipinski definition) is 6. The average Bonchev–Trinajstić information content (AvgIpc) is 2.69. The topological polar surface area (TPSA) is 71.1 Å². The third-order valence-corrected chi connectivity index (χ3v) is 3.72. The molecule has 0 aromatic heterocycles. The first kappa shape index (κ1) is 21.0. The SMILES string of the molecule is COc1cc(C=C(COC(C)=O)COC(C)=O)ccc1OCc1ccccc1. The maximum Gasteiger partial charge on any atom is 0.302 e. The number of esters is 2. The molecule has 2 aromatic carbocycles. The number of ether oxygens (including phenoxy) is 4. The highest BCUT2D eigenvalue weighted by Gasteiger charge is 2.08. The quantitative estimate of drug-likeness (QED) is 0.613. The van der Waals surface area contributed by atoms with Crippen LogP contribution in [0.4, 0.5) is 0 Å². The second kappa shape index (κ2) is 10.8. The van der Waals surface area contributed by atoms with Gasteiger partial charge in [-0.2, -0.15) is 0 Å². The van der Waals surface area contributed by atoms with E-state index in [1.807, 2.05) is 48.5 Å². The van der Waals surface area contributed by atoms with Gasteiger partial charge < -0.3 is 18.9 Å². The lowest BCUT2D eigenvalue weighted by atomic mass is 10.1. The Morgan fingerprint density at radius 3 is 2.11 bits per heavy atom. The summed E-state index contributed by atoms with van der Waals surface area (Å²) in [4.78, 5) is 22.2. The number of methoxy groups -OCH3 is 1. The number of hydrogen-bond donors (Lipinski definition) is 0.